The Morgan fingerprint density at radius 2 is 1.10 bits per heavy atom. The molecule has 6 N–H and O–H groups in total. The van der Waals surface area contributed by atoms with Crippen LogP contribution in [0.25, 0.3) is 0 Å². The molecule has 2 atom stereocenters. The standard InChI is InChI=1S/C11H19N3O6/c15-8(16)3-12-6-1-2-7(13-4-9(17)18)11(6)14-5-10(19)20/h6-7,11-14H,1-5H2,(H,15,16)(H,17,18)(H,19,20). The van der Waals surface area contributed by atoms with Gasteiger partial charge in [-0.3, -0.25) is 14.4 Å². The average Bonchev–Trinajstić information content (AvgIpc) is 2.73. The van der Waals surface area contributed by atoms with Gasteiger partial charge in [0.15, 0.2) is 0 Å². The molecule has 1 aliphatic rings. The van der Waals surface area contributed by atoms with Gasteiger partial charge in [-0.1, -0.05) is 0 Å². The number of rotatable bonds is 9. The Balaban J connectivity index is 2.57. The Hall–Kier alpha value is -1.71. The van der Waals surface area contributed by atoms with E-state index < -0.39 is 17.9 Å². The zero-order valence-electron chi connectivity index (χ0n) is 10.8. The second kappa shape index (κ2) is 7.78. The summed E-state index contributed by atoms with van der Waals surface area (Å²) in [6, 6.07) is -0.752. The van der Waals surface area contributed by atoms with Crippen LogP contribution in [-0.2, 0) is 14.4 Å². The molecule has 1 aliphatic carbocycles. The van der Waals surface area contributed by atoms with E-state index in [-0.39, 0.29) is 37.8 Å². The number of carboxylic acid groups (broad SMARTS) is 3. The second-order valence-electron chi connectivity index (χ2n) is 4.64. The molecule has 0 aromatic carbocycles. The summed E-state index contributed by atoms with van der Waals surface area (Å²) in [6.07, 6.45) is 1.28. The lowest BCUT2D eigenvalue weighted by Gasteiger charge is -2.26. The lowest BCUT2D eigenvalue weighted by atomic mass is 10.1. The molecule has 0 spiro atoms. The molecule has 0 saturated heterocycles. The number of hydrogen-bond acceptors (Lipinski definition) is 6. The van der Waals surface area contributed by atoms with Gasteiger partial charge in [0, 0.05) is 18.1 Å². The zero-order chi connectivity index (χ0) is 15.1. The van der Waals surface area contributed by atoms with Crippen molar-refractivity contribution < 1.29 is 29.7 Å². The Bertz CT molecular complexity index is 349. The van der Waals surface area contributed by atoms with Crippen LogP contribution in [0.2, 0.25) is 0 Å². The minimum Gasteiger partial charge on any atom is -0.480 e. The molecule has 1 saturated carbocycles. The molecule has 0 bridgehead atoms. The van der Waals surface area contributed by atoms with E-state index in [9.17, 15) is 14.4 Å². The first-order valence-corrected chi connectivity index (χ1v) is 6.25. The Labute approximate surface area is 115 Å². The van der Waals surface area contributed by atoms with Crippen molar-refractivity contribution in [3.63, 3.8) is 0 Å². The molecular formula is C11H19N3O6. The molecule has 1 rings (SSSR count). The predicted octanol–water partition coefficient (Wildman–Crippen LogP) is -2.09. The molecule has 2 unspecified atom stereocenters. The van der Waals surface area contributed by atoms with E-state index >= 15 is 0 Å². The van der Waals surface area contributed by atoms with E-state index in [0.717, 1.165) is 0 Å². The van der Waals surface area contributed by atoms with E-state index in [1.54, 1.807) is 0 Å². The SMILES string of the molecule is O=C(O)CNC1CCC(NCC(=O)O)C1NCC(=O)O. The highest BCUT2D eigenvalue weighted by Gasteiger charge is 2.36. The molecule has 0 heterocycles. The van der Waals surface area contributed by atoms with Crippen LogP contribution >= 0.6 is 0 Å². The van der Waals surface area contributed by atoms with E-state index in [4.69, 9.17) is 15.3 Å². The maximum Gasteiger partial charge on any atom is 0.317 e. The topological polar surface area (TPSA) is 148 Å². The molecule has 0 aliphatic heterocycles. The summed E-state index contributed by atoms with van der Waals surface area (Å²) in [5.74, 6) is -3.02. The van der Waals surface area contributed by atoms with E-state index in [2.05, 4.69) is 16.0 Å². The van der Waals surface area contributed by atoms with Gasteiger partial charge in [-0.15, -0.1) is 0 Å². The molecule has 114 valence electrons. The van der Waals surface area contributed by atoms with Crippen molar-refractivity contribution in [3.05, 3.63) is 0 Å². The third-order valence-corrected chi connectivity index (χ3v) is 3.18. The van der Waals surface area contributed by atoms with Crippen LogP contribution in [-0.4, -0.2) is 71.0 Å². The lowest BCUT2D eigenvalue weighted by Crippen LogP contribution is -2.55. The highest BCUT2D eigenvalue weighted by Crippen LogP contribution is 2.20. The molecule has 0 amide bonds. The van der Waals surface area contributed by atoms with Crippen molar-refractivity contribution in [1.29, 1.82) is 0 Å². The van der Waals surface area contributed by atoms with Crippen LogP contribution in [0.4, 0.5) is 0 Å². The fraction of sp³-hybridized carbons (Fsp3) is 0.727. The predicted molar refractivity (Wildman–Crippen MR) is 67.5 cm³/mol. The van der Waals surface area contributed by atoms with Crippen LogP contribution in [0.3, 0.4) is 0 Å². The van der Waals surface area contributed by atoms with Crippen LogP contribution in [0.5, 0.6) is 0 Å². The number of hydrogen-bond donors (Lipinski definition) is 6. The van der Waals surface area contributed by atoms with Gasteiger partial charge in [-0.25, -0.2) is 0 Å². The molecule has 0 aromatic heterocycles. The van der Waals surface area contributed by atoms with Crippen molar-refractivity contribution >= 4 is 17.9 Å². The average molecular weight is 289 g/mol. The summed E-state index contributed by atoms with van der Waals surface area (Å²) in [6.45, 7) is -0.704. The minimum absolute atomic E-state index is 0.211. The van der Waals surface area contributed by atoms with E-state index in [1.807, 2.05) is 0 Å². The highest BCUT2D eigenvalue weighted by atomic mass is 16.4. The van der Waals surface area contributed by atoms with Crippen molar-refractivity contribution in [2.45, 2.75) is 31.0 Å². The van der Waals surface area contributed by atoms with Crippen molar-refractivity contribution in [3.8, 4) is 0 Å². The van der Waals surface area contributed by atoms with Crippen LogP contribution in [0.1, 0.15) is 12.8 Å². The van der Waals surface area contributed by atoms with Gasteiger partial charge >= 0.3 is 17.9 Å². The monoisotopic (exact) mass is 289 g/mol. The maximum atomic E-state index is 10.6. The maximum absolute atomic E-state index is 10.6. The lowest BCUT2D eigenvalue weighted by molar-refractivity contribution is -0.137. The van der Waals surface area contributed by atoms with Gasteiger partial charge < -0.3 is 31.3 Å². The number of aliphatic carboxylic acids is 3. The molecule has 9 heteroatoms. The Morgan fingerprint density at radius 1 is 0.750 bits per heavy atom. The largest absolute Gasteiger partial charge is 0.480 e. The summed E-state index contributed by atoms with van der Waals surface area (Å²) in [5, 5.41) is 34.5. The summed E-state index contributed by atoms with van der Waals surface area (Å²) in [5.41, 5.74) is 0. The first-order valence-electron chi connectivity index (χ1n) is 6.25. The van der Waals surface area contributed by atoms with E-state index in [1.165, 1.54) is 0 Å². The summed E-state index contributed by atoms with van der Waals surface area (Å²) >= 11 is 0. The van der Waals surface area contributed by atoms with Gasteiger partial charge in [-0.05, 0) is 12.8 Å². The van der Waals surface area contributed by atoms with Crippen molar-refractivity contribution in [2.24, 2.45) is 0 Å². The fourth-order valence-electron chi connectivity index (χ4n) is 2.38. The van der Waals surface area contributed by atoms with Gasteiger partial charge in [0.25, 0.3) is 0 Å². The molecule has 1 fully saturated rings. The quantitative estimate of drug-likeness (QED) is 0.281. The highest BCUT2D eigenvalue weighted by molar-refractivity contribution is 5.70. The Morgan fingerprint density at radius 3 is 1.45 bits per heavy atom. The number of nitrogens with one attached hydrogen (secondary N) is 3. The normalized spacial score (nSPS) is 25.5. The van der Waals surface area contributed by atoms with Crippen LogP contribution in [0.15, 0.2) is 0 Å². The van der Waals surface area contributed by atoms with Gasteiger partial charge in [0.2, 0.25) is 0 Å². The number of carbonyl (C=O) groups is 3. The summed E-state index contributed by atoms with van der Waals surface area (Å²) in [4.78, 5) is 31.7. The Kier molecular flexibility index (Phi) is 6.36. The van der Waals surface area contributed by atoms with Gasteiger partial charge in [0.1, 0.15) is 0 Å². The molecule has 0 radical (unpaired) electrons. The third-order valence-electron chi connectivity index (χ3n) is 3.18. The smallest absolute Gasteiger partial charge is 0.317 e. The molecule has 0 aromatic rings. The minimum atomic E-state index is -1.02. The molecule has 9 nitrogen and oxygen atoms in total. The van der Waals surface area contributed by atoms with Crippen molar-refractivity contribution in [1.82, 2.24) is 16.0 Å². The summed E-state index contributed by atoms with van der Waals surface area (Å²) < 4.78 is 0. The van der Waals surface area contributed by atoms with Crippen molar-refractivity contribution in [2.75, 3.05) is 19.6 Å². The van der Waals surface area contributed by atoms with E-state index in [0.29, 0.717) is 12.8 Å². The third kappa shape index (κ3) is 5.51. The molecular weight excluding hydrogens is 270 g/mol. The van der Waals surface area contributed by atoms with Crippen LogP contribution < -0.4 is 16.0 Å². The second-order valence-corrected chi connectivity index (χ2v) is 4.64. The van der Waals surface area contributed by atoms with Crippen LogP contribution in [0, 0.1) is 0 Å². The van der Waals surface area contributed by atoms with Gasteiger partial charge in [0.05, 0.1) is 19.6 Å². The van der Waals surface area contributed by atoms with Gasteiger partial charge in [-0.2, -0.15) is 0 Å². The fourth-order valence-corrected chi connectivity index (χ4v) is 2.38. The number of carboxylic acids is 3. The summed E-state index contributed by atoms with van der Waals surface area (Å²) in [7, 11) is 0. The first-order chi connectivity index (χ1) is 9.40. The zero-order valence-corrected chi connectivity index (χ0v) is 10.8. The first kappa shape index (κ1) is 16.3. The molecule has 20 heavy (non-hydrogen) atoms.